The quantitative estimate of drug-likeness (QED) is 0.489. The Balaban J connectivity index is 1.64. The first-order chi connectivity index (χ1) is 14.7. The van der Waals surface area contributed by atoms with E-state index in [1.165, 1.54) is 29.2 Å². The van der Waals surface area contributed by atoms with E-state index >= 15 is 0 Å². The molecule has 31 heavy (non-hydrogen) atoms. The van der Waals surface area contributed by atoms with E-state index in [0.29, 0.717) is 11.3 Å². The molecule has 0 N–H and O–H groups in total. The summed E-state index contributed by atoms with van der Waals surface area (Å²) in [4.78, 5) is 5.43. The lowest BCUT2D eigenvalue weighted by molar-refractivity contribution is -0.137. The molecule has 1 aliphatic rings. The van der Waals surface area contributed by atoms with E-state index in [1.807, 2.05) is 6.07 Å². The maximum atomic E-state index is 13.7. The monoisotopic (exact) mass is 454 g/mol. The van der Waals surface area contributed by atoms with Crippen molar-refractivity contribution >= 4 is 17.3 Å². The Labute approximate surface area is 177 Å². The molecule has 1 aromatic heterocycles. The SMILES string of the molecule is N#Cc1ccc2c(c1Cl)CC(C(F)F)N2Cc1noc(-c2cccc(C(F)(F)F)c2)n1. The number of hydrogen-bond acceptors (Lipinski definition) is 5. The zero-order valence-electron chi connectivity index (χ0n) is 15.5. The van der Waals surface area contributed by atoms with Gasteiger partial charge >= 0.3 is 6.18 Å². The van der Waals surface area contributed by atoms with Crippen LogP contribution >= 0.6 is 11.6 Å². The summed E-state index contributed by atoms with van der Waals surface area (Å²) in [6.45, 7) is -0.174. The van der Waals surface area contributed by atoms with Gasteiger partial charge in [-0.2, -0.15) is 23.4 Å². The molecule has 0 amide bonds. The third-order valence-electron chi connectivity index (χ3n) is 4.97. The van der Waals surface area contributed by atoms with Gasteiger partial charge in [-0.05, 0) is 35.9 Å². The third kappa shape index (κ3) is 3.93. The Morgan fingerprint density at radius 1 is 1.26 bits per heavy atom. The third-order valence-corrected chi connectivity index (χ3v) is 5.40. The minimum absolute atomic E-state index is 0.0198. The van der Waals surface area contributed by atoms with Crippen LogP contribution in [0.25, 0.3) is 11.5 Å². The molecule has 1 aliphatic heterocycles. The van der Waals surface area contributed by atoms with E-state index in [2.05, 4.69) is 10.1 Å². The molecule has 11 heteroatoms. The predicted octanol–water partition coefficient (Wildman–Crippen LogP) is 5.48. The highest BCUT2D eigenvalue weighted by Crippen LogP contribution is 2.41. The standard InChI is InChI=1S/C20H12ClF5N4O/c21-17-11(8-27)4-5-14-13(17)7-15(18(22)23)30(14)9-16-28-19(31-29-16)10-2-1-3-12(6-10)20(24,25)26/h1-6,15,18H,7,9H2. The van der Waals surface area contributed by atoms with Gasteiger partial charge in [0.1, 0.15) is 6.07 Å². The maximum absolute atomic E-state index is 13.7. The number of benzene rings is 2. The number of rotatable bonds is 4. The molecular formula is C20H12ClF5N4O. The van der Waals surface area contributed by atoms with Crippen LogP contribution in [0.1, 0.15) is 22.5 Å². The van der Waals surface area contributed by atoms with Gasteiger partial charge in [0.2, 0.25) is 0 Å². The summed E-state index contributed by atoms with van der Waals surface area (Å²) in [6.07, 6.45) is -7.33. The molecule has 5 nitrogen and oxygen atoms in total. The topological polar surface area (TPSA) is 66.0 Å². The fraction of sp³-hybridized carbons (Fsp3) is 0.250. The minimum Gasteiger partial charge on any atom is -0.355 e. The number of anilines is 1. The van der Waals surface area contributed by atoms with Gasteiger partial charge in [-0.3, -0.25) is 0 Å². The number of fused-ring (bicyclic) bond motifs is 1. The Morgan fingerprint density at radius 3 is 2.71 bits per heavy atom. The Hall–Kier alpha value is -3.19. The first-order valence-corrected chi connectivity index (χ1v) is 9.33. The second-order valence-corrected chi connectivity index (χ2v) is 7.24. The van der Waals surface area contributed by atoms with Crippen LogP contribution in [0.3, 0.4) is 0 Å². The van der Waals surface area contributed by atoms with Gasteiger partial charge in [0.15, 0.2) is 5.82 Å². The van der Waals surface area contributed by atoms with Gasteiger partial charge in [-0.15, -0.1) is 0 Å². The van der Waals surface area contributed by atoms with Gasteiger partial charge in [-0.1, -0.05) is 22.8 Å². The number of alkyl halides is 5. The minimum atomic E-state index is -4.54. The molecule has 0 spiro atoms. The van der Waals surface area contributed by atoms with Crippen molar-refractivity contribution in [2.24, 2.45) is 0 Å². The van der Waals surface area contributed by atoms with Crippen molar-refractivity contribution in [1.29, 1.82) is 5.26 Å². The van der Waals surface area contributed by atoms with E-state index in [0.717, 1.165) is 12.1 Å². The van der Waals surface area contributed by atoms with Crippen molar-refractivity contribution in [3.8, 4) is 17.5 Å². The van der Waals surface area contributed by atoms with Crippen molar-refractivity contribution < 1.29 is 26.5 Å². The van der Waals surface area contributed by atoms with E-state index < -0.39 is 24.2 Å². The lowest BCUT2D eigenvalue weighted by atomic mass is 10.1. The van der Waals surface area contributed by atoms with Gasteiger partial charge in [-0.25, -0.2) is 8.78 Å². The average molecular weight is 455 g/mol. The molecule has 0 radical (unpaired) electrons. The lowest BCUT2D eigenvalue weighted by Crippen LogP contribution is -2.37. The average Bonchev–Trinajstić information content (AvgIpc) is 3.34. The summed E-state index contributed by atoms with van der Waals surface area (Å²) < 4.78 is 71.2. The normalized spacial score (nSPS) is 15.9. The van der Waals surface area contributed by atoms with Crippen molar-refractivity contribution in [3.05, 3.63) is 63.9 Å². The number of aromatic nitrogens is 2. The Kier molecular flexibility index (Phi) is 5.31. The first kappa shape index (κ1) is 21.1. The molecule has 3 aromatic rings. The summed E-state index contributed by atoms with van der Waals surface area (Å²) in [5.74, 6) is -0.140. The van der Waals surface area contributed by atoms with Crippen molar-refractivity contribution in [2.75, 3.05) is 4.90 Å². The smallest absolute Gasteiger partial charge is 0.355 e. The van der Waals surface area contributed by atoms with Crippen LogP contribution in [0.5, 0.6) is 0 Å². The fourth-order valence-corrected chi connectivity index (χ4v) is 3.78. The predicted molar refractivity (Wildman–Crippen MR) is 101 cm³/mol. The highest BCUT2D eigenvalue weighted by Gasteiger charge is 2.38. The number of halogens is 6. The van der Waals surface area contributed by atoms with Gasteiger partial charge in [0.05, 0.1) is 28.7 Å². The van der Waals surface area contributed by atoms with Crippen molar-refractivity contribution in [1.82, 2.24) is 10.1 Å². The van der Waals surface area contributed by atoms with Crippen LogP contribution in [-0.2, 0) is 19.1 Å². The zero-order chi connectivity index (χ0) is 22.3. The number of nitrogens with zero attached hydrogens (tertiary/aromatic N) is 4. The summed E-state index contributed by atoms with van der Waals surface area (Å²) in [6, 6.07) is 8.01. The van der Waals surface area contributed by atoms with Gasteiger partial charge in [0, 0.05) is 17.7 Å². The number of nitriles is 1. The maximum Gasteiger partial charge on any atom is 0.416 e. The molecule has 1 atom stereocenters. The van der Waals surface area contributed by atoms with E-state index in [4.69, 9.17) is 21.4 Å². The molecule has 0 saturated carbocycles. The van der Waals surface area contributed by atoms with Crippen molar-refractivity contribution in [3.63, 3.8) is 0 Å². The first-order valence-electron chi connectivity index (χ1n) is 8.95. The Morgan fingerprint density at radius 2 is 2.03 bits per heavy atom. The van der Waals surface area contributed by atoms with E-state index in [9.17, 15) is 22.0 Å². The highest BCUT2D eigenvalue weighted by atomic mass is 35.5. The molecule has 2 aromatic carbocycles. The largest absolute Gasteiger partial charge is 0.416 e. The van der Waals surface area contributed by atoms with E-state index in [-0.39, 0.29) is 40.8 Å². The van der Waals surface area contributed by atoms with E-state index in [1.54, 1.807) is 0 Å². The Bertz CT molecular complexity index is 1170. The molecule has 0 fully saturated rings. The summed E-state index contributed by atoms with van der Waals surface area (Å²) in [5, 5.41) is 13.0. The van der Waals surface area contributed by atoms with Gasteiger partial charge < -0.3 is 9.42 Å². The molecule has 0 aliphatic carbocycles. The second kappa shape index (κ2) is 7.81. The van der Waals surface area contributed by atoms with Crippen LogP contribution in [0, 0.1) is 11.3 Å². The number of hydrogen-bond donors (Lipinski definition) is 0. The van der Waals surface area contributed by atoms with Crippen LogP contribution in [0.2, 0.25) is 5.02 Å². The molecule has 2 heterocycles. The van der Waals surface area contributed by atoms with Crippen LogP contribution < -0.4 is 4.90 Å². The highest BCUT2D eigenvalue weighted by molar-refractivity contribution is 6.33. The molecular weight excluding hydrogens is 443 g/mol. The van der Waals surface area contributed by atoms with Gasteiger partial charge in [0.25, 0.3) is 12.3 Å². The summed E-state index contributed by atoms with van der Waals surface area (Å²) >= 11 is 6.19. The molecule has 0 bridgehead atoms. The van der Waals surface area contributed by atoms with Crippen molar-refractivity contribution in [2.45, 2.75) is 31.6 Å². The molecule has 1 unspecified atom stereocenters. The molecule has 0 saturated heterocycles. The van der Waals surface area contributed by atoms with Crippen LogP contribution in [-0.4, -0.2) is 22.6 Å². The van der Waals surface area contributed by atoms with Crippen LogP contribution in [0.4, 0.5) is 27.6 Å². The molecule has 4 rings (SSSR count). The lowest BCUT2D eigenvalue weighted by Gasteiger charge is -2.25. The summed E-state index contributed by atoms with van der Waals surface area (Å²) in [7, 11) is 0. The molecule has 160 valence electrons. The van der Waals surface area contributed by atoms with Crippen LogP contribution in [0.15, 0.2) is 40.9 Å². The summed E-state index contributed by atoms with van der Waals surface area (Å²) in [5.41, 5.74) is 0.204. The fourth-order valence-electron chi connectivity index (χ4n) is 3.50. The second-order valence-electron chi connectivity index (χ2n) is 6.86. The zero-order valence-corrected chi connectivity index (χ0v) is 16.3.